The molecule has 14 N–H and O–H groups in total. The topological polar surface area (TPSA) is 361 Å². The van der Waals surface area contributed by atoms with Crippen LogP contribution in [0.15, 0.2) is 109 Å². The zero-order valence-corrected chi connectivity index (χ0v) is 49.9. The Kier molecular flexibility index (Phi) is 31.4. The largest absolute Gasteiger partial charge is 0.461 e. The highest BCUT2D eigenvalue weighted by Gasteiger charge is 2.51. The molecule has 22 nitrogen and oxygen atoms in total. The van der Waals surface area contributed by atoms with Crippen LogP contribution in [-0.4, -0.2) is 211 Å². The van der Waals surface area contributed by atoms with Crippen molar-refractivity contribution in [2.24, 2.45) is 23.5 Å². The van der Waals surface area contributed by atoms with Crippen LogP contribution < -0.4 is 16.4 Å². The number of aliphatic hydroxyl groups excluding tert-OH is 9. The van der Waals surface area contributed by atoms with Gasteiger partial charge in [-0.3, -0.25) is 19.2 Å². The van der Waals surface area contributed by atoms with Gasteiger partial charge in [0.15, 0.2) is 17.9 Å². The quantitative estimate of drug-likeness (QED) is 0.0939. The highest BCUT2D eigenvalue weighted by molar-refractivity contribution is 5.96. The SMILES string of the molecule is CNc1ccc(C(=O)CC(O)CCC(C)C2OC(=O)CC(O)CC(=O)CC(O)CC(O)CC(O)CC(O)CC3(O)CC(O)C(C(=O)NCCN(C)C)C(CC(O[C@@H]4O[C@H](C)[C@@H](O)[C@H](N)[C@@H]4O)/C=C/C=C/C=C/C=C/C=C/C=C/C=C\C2C)O3)cc1. The Labute approximate surface area is 500 Å². The standard InChI is InChI=1S/C63H96N4O18/c1-39-19-17-15-13-11-9-7-8-10-12-14-16-18-20-51(83-62-59(79)57(64)58(78)41(3)82-62)36-54-56(61(80)66-27-28-67(5)6)53(76)38-63(81,85-54)37-50(74)33-48(72)31-46(70)29-45(69)30-47(71)32-49(73)35-55(77)84-60(39)40(2)21-26-44(68)34-52(75)42-22-24-43(65-4)25-23-42/h7-20,22-25,39-41,44-46,48-51,53-54,56-60,62,65,68-70,72-74,76,78-79,81H,21,26-38,64H2,1-6H3,(H,66,80)/b8-7+,11-9+,12-10+,15-13+,16-14+,19-17-,20-18+/t39?,40?,41-,44?,45?,46?,48?,49?,50?,51?,53?,54?,56?,57+,58-,59+,60?,62+,63?/m1/s1. The summed E-state index contributed by atoms with van der Waals surface area (Å²) in [6.07, 6.45) is 3.33. The Morgan fingerprint density at radius 3 is 1.91 bits per heavy atom. The summed E-state index contributed by atoms with van der Waals surface area (Å²) >= 11 is 0. The molecule has 14 unspecified atom stereocenters. The number of nitrogens with zero attached hydrogens (tertiary/aromatic N) is 1. The van der Waals surface area contributed by atoms with Crippen LogP contribution >= 0.6 is 0 Å². The highest BCUT2D eigenvalue weighted by atomic mass is 16.7. The number of benzene rings is 1. The number of rotatable bonds is 14. The third-order valence-corrected chi connectivity index (χ3v) is 15.2. The number of allylic oxidation sites excluding steroid dienone is 12. The van der Waals surface area contributed by atoms with Gasteiger partial charge in [-0.2, -0.15) is 0 Å². The third-order valence-electron chi connectivity index (χ3n) is 15.2. The predicted molar refractivity (Wildman–Crippen MR) is 319 cm³/mol. The van der Waals surface area contributed by atoms with Crippen molar-refractivity contribution in [3.05, 3.63) is 115 Å². The number of cyclic esters (lactones) is 1. The minimum atomic E-state index is -2.28. The van der Waals surface area contributed by atoms with E-state index in [1.807, 2.05) is 38.9 Å². The minimum Gasteiger partial charge on any atom is -0.461 e. The molecular weight excluding hydrogens is 1100 g/mol. The van der Waals surface area contributed by atoms with Gasteiger partial charge < -0.3 is 91.3 Å². The normalized spacial score (nSPS) is 36.5. The predicted octanol–water partition coefficient (Wildman–Crippen LogP) is 2.34. The first-order valence-electron chi connectivity index (χ1n) is 29.5. The van der Waals surface area contributed by atoms with Gasteiger partial charge in [0.2, 0.25) is 5.91 Å². The molecule has 2 fully saturated rings. The van der Waals surface area contributed by atoms with Crippen LogP contribution in [0.4, 0.5) is 5.69 Å². The van der Waals surface area contributed by atoms with Gasteiger partial charge in [-0.15, -0.1) is 0 Å². The molecule has 0 radical (unpaired) electrons. The molecule has 3 aliphatic rings. The minimum absolute atomic E-state index is 0.102. The maximum atomic E-state index is 13.8. The molecule has 19 atom stereocenters. The number of Topliss-reactive ketones (excluding diaryl/α,β-unsaturated/α-hetero) is 2. The first-order chi connectivity index (χ1) is 40.3. The molecule has 1 aromatic rings. The molecule has 0 aliphatic carbocycles. The van der Waals surface area contributed by atoms with E-state index in [1.165, 1.54) is 0 Å². The summed E-state index contributed by atoms with van der Waals surface area (Å²) in [4.78, 5) is 55.0. The fourth-order valence-electron chi connectivity index (χ4n) is 10.6. The van der Waals surface area contributed by atoms with E-state index in [4.69, 9.17) is 24.7 Å². The molecule has 3 heterocycles. The molecule has 0 saturated carbocycles. The maximum absolute atomic E-state index is 13.8. The number of ketones is 2. The van der Waals surface area contributed by atoms with Gasteiger partial charge >= 0.3 is 5.97 Å². The fourth-order valence-corrected chi connectivity index (χ4v) is 10.6. The van der Waals surface area contributed by atoms with Crippen LogP contribution in [0.3, 0.4) is 0 Å². The molecule has 476 valence electrons. The van der Waals surface area contributed by atoms with E-state index in [2.05, 4.69) is 10.6 Å². The molecule has 1 amide bonds. The van der Waals surface area contributed by atoms with E-state index >= 15 is 0 Å². The van der Waals surface area contributed by atoms with Gasteiger partial charge in [-0.1, -0.05) is 98.9 Å². The number of fused-ring (bicyclic) bond motifs is 2. The molecule has 0 aromatic heterocycles. The molecule has 2 bridgehead atoms. The van der Waals surface area contributed by atoms with E-state index in [0.717, 1.165) is 5.69 Å². The Balaban J connectivity index is 1.58. The number of aliphatic hydroxyl groups is 10. The highest BCUT2D eigenvalue weighted by Crippen LogP contribution is 2.38. The van der Waals surface area contributed by atoms with Crippen LogP contribution in [0, 0.1) is 17.8 Å². The zero-order valence-electron chi connectivity index (χ0n) is 49.9. The number of nitrogens with two attached hydrogens (primary N) is 1. The number of esters is 1. The maximum Gasteiger partial charge on any atom is 0.308 e. The summed E-state index contributed by atoms with van der Waals surface area (Å²) < 4.78 is 24.3. The number of ether oxygens (including phenoxy) is 4. The van der Waals surface area contributed by atoms with E-state index in [0.29, 0.717) is 18.5 Å². The second-order valence-corrected chi connectivity index (χ2v) is 23.2. The van der Waals surface area contributed by atoms with E-state index < -0.39 is 160 Å². The lowest BCUT2D eigenvalue weighted by Crippen LogP contribution is -2.62. The molecule has 2 saturated heterocycles. The average molecular weight is 1200 g/mol. The summed E-state index contributed by atoms with van der Waals surface area (Å²) in [7, 11) is 5.40. The van der Waals surface area contributed by atoms with Crippen LogP contribution in [0.5, 0.6) is 0 Å². The molecule has 22 heteroatoms. The van der Waals surface area contributed by atoms with Crippen molar-refractivity contribution in [2.75, 3.05) is 39.5 Å². The van der Waals surface area contributed by atoms with Gasteiger partial charge in [0, 0.05) is 75.8 Å². The van der Waals surface area contributed by atoms with Gasteiger partial charge in [-0.05, 0) is 83.3 Å². The number of nitrogens with one attached hydrogen (secondary N) is 2. The number of carbonyl (C=O) groups is 4. The number of carbonyl (C=O) groups excluding carboxylic acids is 4. The van der Waals surface area contributed by atoms with Crippen molar-refractivity contribution in [3.63, 3.8) is 0 Å². The number of hydrogen-bond acceptors (Lipinski definition) is 21. The Hall–Kier alpha value is -5.12. The van der Waals surface area contributed by atoms with Gasteiger partial charge in [0.25, 0.3) is 0 Å². The monoisotopic (exact) mass is 1200 g/mol. The van der Waals surface area contributed by atoms with E-state index in [1.54, 1.807) is 117 Å². The van der Waals surface area contributed by atoms with Crippen LogP contribution in [0.2, 0.25) is 0 Å². The van der Waals surface area contributed by atoms with Crippen molar-refractivity contribution in [1.82, 2.24) is 10.2 Å². The second kappa shape index (κ2) is 36.9. The second-order valence-electron chi connectivity index (χ2n) is 23.2. The Bertz CT molecular complexity index is 2410. The number of anilines is 1. The lowest BCUT2D eigenvalue weighted by molar-refractivity contribution is -0.307. The molecule has 0 spiro atoms. The fraction of sp³-hybridized carbons (Fsp3) is 0.619. The van der Waals surface area contributed by atoms with Gasteiger partial charge in [0.1, 0.15) is 18.0 Å². The van der Waals surface area contributed by atoms with Crippen LogP contribution in [0.1, 0.15) is 108 Å². The lowest BCUT2D eigenvalue weighted by Gasteiger charge is -2.46. The van der Waals surface area contributed by atoms with E-state index in [9.17, 15) is 70.2 Å². The van der Waals surface area contributed by atoms with Gasteiger partial charge in [-0.25, -0.2) is 0 Å². The van der Waals surface area contributed by atoms with Crippen molar-refractivity contribution in [1.29, 1.82) is 0 Å². The number of hydrogen-bond donors (Lipinski definition) is 13. The van der Waals surface area contributed by atoms with Crippen molar-refractivity contribution < 1.29 is 89.2 Å². The summed E-state index contributed by atoms with van der Waals surface area (Å²) in [5.74, 6) is -6.46. The lowest BCUT2D eigenvalue weighted by atomic mass is 9.82. The molecule has 1 aromatic carbocycles. The average Bonchev–Trinajstić information content (AvgIpc) is 1.84. The van der Waals surface area contributed by atoms with E-state index in [-0.39, 0.29) is 56.3 Å². The summed E-state index contributed by atoms with van der Waals surface area (Å²) in [5.41, 5.74) is 7.44. The van der Waals surface area contributed by atoms with Crippen molar-refractivity contribution in [3.8, 4) is 0 Å². The van der Waals surface area contributed by atoms with Gasteiger partial charge in [0.05, 0.1) is 85.5 Å². The zero-order chi connectivity index (χ0) is 62.8. The van der Waals surface area contributed by atoms with Crippen molar-refractivity contribution in [2.45, 2.75) is 195 Å². The van der Waals surface area contributed by atoms with Crippen LogP contribution in [0.25, 0.3) is 0 Å². The van der Waals surface area contributed by atoms with Crippen LogP contribution in [-0.2, 0) is 33.3 Å². The first-order valence-corrected chi connectivity index (χ1v) is 29.5. The van der Waals surface area contributed by atoms with Crippen molar-refractivity contribution >= 4 is 29.1 Å². The molecular formula is C63H96N4O18. The first kappa shape index (κ1) is 72.4. The molecule has 3 aliphatic heterocycles. The number of amides is 1. The smallest absolute Gasteiger partial charge is 0.308 e. The summed E-state index contributed by atoms with van der Waals surface area (Å²) in [5, 5.41) is 117. The molecule has 4 rings (SSSR count). The Morgan fingerprint density at radius 2 is 1.31 bits per heavy atom. The Morgan fingerprint density at radius 1 is 0.741 bits per heavy atom. The summed E-state index contributed by atoms with van der Waals surface area (Å²) in [6, 6.07) is 5.78. The third kappa shape index (κ3) is 26.0. The number of likely N-dealkylation sites (N-methyl/N-ethyl adjacent to an activating group) is 1. The summed E-state index contributed by atoms with van der Waals surface area (Å²) in [6.45, 7) is 5.94. The molecule has 85 heavy (non-hydrogen) atoms.